The predicted octanol–water partition coefficient (Wildman–Crippen LogP) is 2.42. The van der Waals surface area contributed by atoms with E-state index in [4.69, 9.17) is 21.1 Å². The van der Waals surface area contributed by atoms with Crippen molar-refractivity contribution in [3.63, 3.8) is 0 Å². The quantitative estimate of drug-likeness (QED) is 0.790. The van der Waals surface area contributed by atoms with Crippen LogP contribution >= 0.6 is 11.6 Å². The summed E-state index contributed by atoms with van der Waals surface area (Å²) in [5.74, 6) is 0.645. The second kappa shape index (κ2) is 5.95. The number of halogens is 1. The molecule has 15 heavy (non-hydrogen) atoms. The average molecular weight is 231 g/mol. The summed E-state index contributed by atoms with van der Waals surface area (Å²) in [5.41, 5.74) is 0.693. The summed E-state index contributed by atoms with van der Waals surface area (Å²) in [6.07, 6.45) is -0.596. The van der Waals surface area contributed by atoms with E-state index in [1.807, 2.05) is 0 Å². The molecule has 4 heteroatoms. The molecule has 0 aliphatic heterocycles. The van der Waals surface area contributed by atoms with Gasteiger partial charge in [0.05, 0.1) is 12.7 Å². The van der Waals surface area contributed by atoms with Crippen molar-refractivity contribution in [3.8, 4) is 5.75 Å². The Morgan fingerprint density at radius 3 is 2.73 bits per heavy atom. The van der Waals surface area contributed by atoms with Gasteiger partial charge in [0.15, 0.2) is 0 Å². The molecule has 1 atom stereocenters. The maximum Gasteiger partial charge on any atom is 0.125 e. The number of aliphatic hydroxyl groups excluding tert-OH is 1. The lowest BCUT2D eigenvalue weighted by Crippen LogP contribution is -2.06. The number of aliphatic hydroxyl groups is 1. The Morgan fingerprint density at radius 2 is 2.13 bits per heavy atom. The largest absolute Gasteiger partial charge is 0.491 e. The summed E-state index contributed by atoms with van der Waals surface area (Å²) in [6.45, 7) is 2.65. The third-order valence-corrected chi connectivity index (χ3v) is 2.20. The zero-order chi connectivity index (χ0) is 11.3. The topological polar surface area (TPSA) is 38.7 Å². The lowest BCUT2D eigenvalue weighted by atomic mass is 10.1. The van der Waals surface area contributed by atoms with Crippen LogP contribution in [0.15, 0.2) is 18.2 Å². The van der Waals surface area contributed by atoms with E-state index in [0.29, 0.717) is 29.5 Å². The van der Waals surface area contributed by atoms with Gasteiger partial charge in [0.2, 0.25) is 0 Å². The van der Waals surface area contributed by atoms with Crippen molar-refractivity contribution >= 4 is 11.6 Å². The minimum absolute atomic E-state index is 0.456. The number of ether oxygens (including phenoxy) is 2. The molecule has 3 nitrogen and oxygen atoms in total. The van der Waals surface area contributed by atoms with Crippen LogP contribution in [-0.4, -0.2) is 25.4 Å². The van der Waals surface area contributed by atoms with Gasteiger partial charge in [-0.15, -0.1) is 0 Å². The zero-order valence-electron chi connectivity index (χ0n) is 8.87. The Balaban J connectivity index is 2.77. The fourth-order valence-corrected chi connectivity index (χ4v) is 1.39. The second-order valence-electron chi connectivity index (χ2n) is 3.20. The van der Waals surface area contributed by atoms with Gasteiger partial charge in [-0.2, -0.15) is 0 Å². The Labute approximate surface area is 94.6 Å². The minimum atomic E-state index is -0.596. The number of benzene rings is 1. The van der Waals surface area contributed by atoms with Gasteiger partial charge < -0.3 is 14.6 Å². The van der Waals surface area contributed by atoms with Crippen molar-refractivity contribution in [2.24, 2.45) is 0 Å². The van der Waals surface area contributed by atoms with E-state index >= 15 is 0 Å². The van der Waals surface area contributed by atoms with Gasteiger partial charge in [0, 0.05) is 17.7 Å². The Bertz CT molecular complexity index is 313. The van der Waals surface area contributed by atoms with Crippen LogP contribution in [0, 0.1) is 0 Å². The molecule has 0 fully saturated rings. The van der Waals surface area contributed by atoms with Gasteiger partial charge >= 0.3 is 0 Å². The summed E-state index contributed by atoms with van der Waals surface area (Å²) in [7, 11) is 1.61. The highest BCUT2D eigenvalue weighted by atomic mass is 35.5. The van der Waals surface area contributed by atoms with E-state index in [1.165, 1.54) is 0 Å². The molecule has 0 saturated carbocycles. The molecular weight excluding hydrogens is 216 g/mol. The fourth-order valence-electron chi connectivity index (χ4n) is 1.21. The number of hydrogen-bond donors (Lipinski definition) is 1. The first kappa shape index (κ1) is 12.3. The van der Waals surface area contributed by atoms with Crippen molar-refractivity contribution in [1.82, 2.24) is 0 Å². The molecule has 1 aromatic carbocycles. The molecule has 0 bridgehead atoms. The Hall–Kier alpha value is -0.770. The fraction of sp³-hybridized carbons (Fsp3) is 0.455. The van der Waals surface area contributed by atoms with Crippen LogP contribution in [0.25, 0.3) is 0 Å². The summed E-state index contributed by atoms with van der Waals surface area (Å²) >= 11 is 5.83. The van der Waals surface area contributed by atoms with E-state index in [1.54, 1.807) is 32.2 Å². The van der Waals surface area contributed by atoms with Crippen LogP contribution in [0.1, 0.15) is 18.6 Å². The van der Waals surface area contributed by atoms with Crippen molar-refractivity contribution in [3.05, 3.63) is 28.8 Å². The number of methoxy groups -OCH3 is 1. The van der Waals surface area contributed by atoms with Crippen molar-refractivity contribution in [2.75, 3.05) is 20.3 Å². The third kappa shape index (κ3) is 3.70. The lowest BCUT2D eigenvalue weighted by molar-refractivity contribution is 0.141. The molecule has 0 amide bonds. The summed E-state index contributed by atoms with van der Waals surface area (Å²) in [5, 5.41) is 10.1. The first-order chi connectivity index (χ1) is 7.15. The van der Waals surface area contributed by atoms with Crippen LogP contribution in [-0.2, 0) is 4.74 Å². The van der Waals surface area contributed by atoms with Crippen LogP contribution in [0.3, 0.4) is 0 Å². The molecule has 1 unspecified atom stereocenters. The van der Waals surface area contributed by atoms with Gasteiger partial charge in [-0.25, -0.2) is 0 Å². The standard InChI is InChI=1S/C11H15ClO3/c1-8(13)10-7-9(12)3-4-11(10)15-6-5-14-2/h3-4,7-8,13H,5-6H2,1-2H3. The molecule has 0 radical (unpaired) electrons. The number of rotatable bonds is 5. The van der Waals surface area contributed by atoms with Crippen molar-refractivity contribution < 1.29 is 14.6 Å². The molecular formula is C11H15ClO3. The predicted molar refractivity (Wildman–Crippen MR) is 59.5 cm³/mol. The highest BCUT2D eigenvalue weighted by molar-refractivity contribution is 6.30. The normalized spacial score (nSPS) is 12.5. The first-order valence-electron chi connectivity index (χ1n) is 4.74. The molecule has 0 aliphatic carbocycles. The monoisotopic (exact) mass is 230 g/mol. The molecule has 1 N–H and O–H groups in total. The van der Waals surface area contributed by atoms with E-state index < -0.39 is 6.10 Å². The van der Waals surface area contributed by atoms with Gasteiger partial charge in [-0.3, -0.25) is 0 Å². The SMILES string of the molecule is COCCOc1ccc(Cl)cc1C(C)O. The first-order valence-corrected chi connectivity index (χ1v) is 5.12. The van der Waals surface area contributed by atoms with Gasteiger partial charge in [0.1, 0.15) is 12.4 Å². The highest BCUT2D eigenvalue weighted by Crippen LogP contribution is 2.28. The molecule has 0 aromatic heterocycles. The zero-order valence-corrected chi connectivity index (χ0v) is 9.62. The Morgan fingerprint density at radius 1 is 1.40 bits per heavy atom. The van der Waals surface area contributed by atoms with Crippen LogP contribution in [0.4, 0.5) is 0 Å². The summed E-state index contributed by atoms with van der Waals surface area (Å²) in [6, 6.07) is 5.18. The van der Waals surface area contributed by atoms with Crippen LogP contribution in [0.5, 0.6) is 5.75 Å². The van der Waals surface area contributed by atoms with E-state index in [0.717, 1.165) is 0 Å². The highest BCUT2D eigenvalue weighted by Gasteiger charge is 2.09. The van der Waals surface area contributed by atoms with Gasteiger partial charge in [-0.1, -0.05) is 11.6 Å². The Kier molecular flexibility index (Phi) is 4.88. The smallest absolute Gasteiger partial charge is 0.125 e. The molecule has 84 valence electrons. The maximum absolute atomic E-state index is 9.52. The van der Waals surface area contributed by atoms with Gasteiger partial charge in [0.25, 0.3) is 0 Å². The van der Waals surface area contributed by atoms with E-state index in [9.17, 15) is 5.11 Å². The van der Waals surface area contributed by atoms with E-state index in [2.05, 4.69) is 0 Å². The molecule has 0 saturated heterocycles. The molecule has 1 rings (SSSR count). The summed E-state index contributed by atoms with van der Waals surface area (Å²) < 4.78 is 10.3. The second-order valence-corrected chi connectivity index (χ2v) is 3.64. The molecule has 0 aliphatic rings. The van der Waals surface area contributed by atoms with Crippen molar-refractivity contribution in [2.45, 2.75) is 13.0 Å². The summed E-state index contributed by atoms with van der Waals surface area (Å²) in [4.78, 5) is 0. The average Bonchev–Trinajstić information content (AvgIpc) is 2.20. The molecule has 0 heterocycles. The van der Waals surface area contributed by atoms with Crippen molar-refractivity contribution in [1.29, 1.82) is 0 Å². The van der Waals surface area contributed by atoms with E-state index in [-0.39, 0.29) is 0 Å². The van der Waals surface area contributed by atoms with Crippen LogP contribution in [0.2, 0.25) is 5.02 Å². The third-order valence-electron chi connectivity index (χ3n) is 1.97. The maximum atomic E-state index is 9.52. The molecule has 1 aromatic rings. The number of hydrogen-bond acceptors (Lipinski definition) is 3. The lowest BCUT2D eigenvalue weighted by Gasteiger charge is -2.13. The molecule has 0 spiro atoms. The van der Waals surface area contributed by atoms with Gasteiger partial charge in [-0.05, 0) is 25.1 Å². The minimum Gasteiger partial charge on any atom is -0.491 e. The van der Waals surface area contributed by atoms with Crippen LogP contribution < -0.4 is 4.74 Å².